The molecule has 146 valence electrons. The molecular formula is C23H26N2O3. The van der Waals surface area contributed by atoms with Gasteiger partial charge in [0, 0.05) is 17.7 Å². The highest BCUT2D eigenvalue weighted by Crippen LogP contribution is 2.51. The SMILES string of the molecule is CCCCCOc1cc(O)c2c(c1)OC(C)(C)c1cnn(-c3ccccc3)c1-2. The van der Waals surface area contributed by atoms with Crippen molar-refractivity contribution < 1.29 is 14.6 Å². The van der Waals surface area contributed by atoms with Crippen LogP contribution in [0.25, 0.3) is 16.9 Å². The Kier molecular flexibility index (Phi) is 4.75. The Morgan fingerprint density at radius 2 is 1.93 bits per heavy atom. The first-order valence-corrected chi connectivity index (χ1v) is 9.84. The number of unbranched alkanes of at least 4 members (excludes halogenated alkanes) is 2. The number of nitrogens with zero attached hydrogens (tertiary/aromatic N) is 2. The molecule has 28 heavy (non-hydrogen) atoms. The van der Waals surface area contributed by atoms with Crippen molar-refractivity contribution in [3.05, 3.63) is 54.2 Å². The largest absolute Gasteiger partial charge is 0.507 e. The average Bonchev–Trinajstić information content (AvgIpc) is 3.11. The van der Waals surface area contributed by atoms with Crippen LogP contribution in [-0.4, -0.2) is 21.5 Å². The number of hydrogen-bond donors (Lipinski definition) is 1. The van der Waals surface area contributed by atoms with E-state index in [0.29, 0.717) is 23.7 Å². The summed E-state index contributed by atoms with van der Waals surface area (Å²) in [6.07, 6.45) is 5.08. The van der Waals surface area contributed by atoms with Gasteiger partial charge in [0.1, 0.15) is 22.8 Å². The summed E-state index contributed by atoms with van der Waals surface area (Å²) in [6, 6.07) is 13.5. The number of ether oxygens (including phenoxy) is 2. The number of hydrogen-bond acceptors (Lipinski definition) is 4. The third-order valence-corrected chi connectivity index (χ3v) is 5.09. The smallest absolute Gasteiger partial charge is 0.137 e. The highest BCUT2D eigenvalue weighted by molar-refractivity contribution is 5.81. The predicted octanol–water partition coefficient (Wildman–Crippen LogP) is 5.44. The second kappa shape index (κ2) is 7.23. The van der Waals surface area contributed by atoms with Crippen LogP contribution in [0.3, 0.4) is 0 Å². The van der Waals surface area contributed by atoms with Gasteiger partial charge in [-0.25, -0.2) is 4.68 Å². The van der Waals surface area contributed by atoms with E-state index in [1.165, 1.54) is 0 Å². The van der Waals surface area contributed by atoms with Crippen molar-refractivity contribution in [2.45, 2.75) is 45.6 Å². The summed E-state index contributed by atoms with van der Waals surface area (Å²) >= 11 is 0. The van der Waals surface area contributed by atoms with E-state index < -0.39 is 5.60 Å². The van der Waals surface area contributed by atoms with Gasteiger partial charge in [0.05, 0.1) is 29.7 Å². The molecule has 2 heterocycles. The lowest BCUT2D eigenvalue weighted by molar-refractivity contribution is 0.104. The van der Waals surface area contributed by atoms with E-state index >= 15 is 0 Å². The van der Waals surface area contributed by atoms with Crippen molar-refractivity contribution >= 4 is 0 Å². The van der Waals surface area contributed by atoms with Gasteiger partial charge in [-0.15, -0.1) is 0 Å². The highest BCUT2D eigenvalue weighted by Gasteiger charge is 2.38. The normalized spacial score (nSPS) is 14.1. The maximum Gasteiger partial charge on any atom is 0.137 e. The molecule has 0 bridgehead atoms. The Morgan fingerprint density at radius 1 is 1.14 bits per heavy atom. The number of benzene rings is 2. The van der Waals surface area contributed by atoms with Crippen LogP contribution in [0.15, 0.2) is 48.7 Å². The first-order valence-electron chi connectivity index (χ1n) is 9.84. The van der Waals surface area contributed by atoms with Crippen molar-refractivity contribution in [2.75, 3.05) is 6.61 Å². The topological polar surface area (TPSA) is 56.5 Å². The summed E-state index contributed by atoms with van der Waals surface area (Å²) in [4.78, 5) is 0. The molecule has 1 aliphatic heterocycles. The minimum absolute atomic E-state index is 0.137. The fourth-order valence-electron chi connectivity index (χ4n) is 3.64. The molecule has 5 heteroatoms. The Labute approximate surface area is 165 Å². The zero-order valence-electron chi connectivity index (χ0n) is 16.6. The minimum atomic E-state index is -0.567. The second-order valence-corrected chi connectivity index (χ2v) is 7.64. The summed E-state index contributed by atoms with van der Waals surface area (Å²) in [7, 11) is 0. The molecule has 3 aromatic rings. The van der Waals surface area contributed by atoms with Crippen molar-refractivity contribution in [1.29, 1.82) is 0 Å². The zero-order valence-corrected chi connectivity index (χ0v) is 16.6. The van der Waals surface area contributed by atoms with E-state index in [1.807, 2.05) is 61.1 Å². The monoisotopic (exact) mass is 378 g/mol. The van der Waals surface area contributed by atoms with Gasteiger partial charge in [-0.05, 0) is 32.4 Å². The Morgan fingerprint density at radius 3 is 2.68 bits per heavy atom. The Bertz CT molecular complexity index is 977. The first kappa shape index (κ1) is 18.4. The molecule has 0 unspecified atom stereocenters. The van der Waals surface area contributed by atoms with Gasteiger partial charge in [0.25, 0.3) is 0 Å². The number of rotatable bonds is 6. The lowest BCUT2D eigenvalue weighted by Crippen LogP contribution is -2.29. The van der Waals surface area contributed by atoms with Crippen LogP contribution in [0.4, 0.5) is 0 Å². The van der Waals surface area contributed by atoms with Crippen LogP contribution in [0, 0.1) is 0 Å². The number of phenols is 1. The lowest BCUT2D eigenvalue weighted by Gasteiger charge is -2.33. The third kappa shape index (κ3) is 3.21. The second-order valence-electron chi connectivity index (χ2n) is 7.64. The summed E-state index contributed by atoms with van der Waals surface area (Å²) in [5.74, 6) is 1.37. The van der Waals surface area contributed by atoms with Crippen LogP contribution in [0.2, 0.25) is 0 Å². The summed E-state index contributed by atoms with van der Waals surface area (Å²) in [5.41, 5.74) is 2.81. The van der Waals surface area contributed by atoms with Crippen molar-refractivity contribution in [3.63, 3.8) is 0 Å². The van der Waals surface area contributed by atoms with E-state index in [0.717, 1.165) is 36.2 Å². The van der Waals surface area contributed by atoms with E-state index in [9.17, 15) is 5.11 Å². The number of fused-ring (bicyclic) bond motifs is 3. The van der Waals surface area contributed by atoms with Crippen molar-refractivity contribution in [2.24, 2.45) is 0 Å². The highest BCUT2D eigenvalue weighted by atomic mass is 16.5. The molecule has 0 amide bonds. The van der Waals surface area contributed by atoms with E-state index in [4.69, 9.17) is 9.47 Å². The molecule has 0 fully saturated rings. The zero-order chi connectivity index (χ0) is 19.7. The first-order chi connectivity index (χ1) is 13.5. The molecule has 0 aliphatic carbocycles. The quantitative estimate of drug-likeness (QED) is 0.580. The van der Waals surface area contributed by atoms with E-state index in [-0.39, 0.29) is 5.75 Å². The van der Waals surface area contributed by atoms with Crippen LogP contribution < -0.4 is 9.47 Å². The molecule has 1 N–H and O–H groups in total. The van der Waals surface area contributed by atoms with Crippen molar-refractivity contribution in [3.8, 4) is 34.2 Å². The minimum Gasteiger partial charge on any atom is -0.507 e. The summed E-state index contributed by atoms with van der Waals surface area (Å²) in [6.45, 7) is 6.81. The Hall–Kier alpha value is -2.95. The van der Waals surface area contributed by atoms with E-state index in [2.05, 4.69) is 12.0 Å². The fraction of sp³-hybridized carbons (Fsp3) is 0.348. The molecule has 1 aliphatic rings. The molecule has 0 saturated carbocycles. The molecule has 0 atom stereocenters. The van der Waals surface area contributed by atoms with Crippen LogP contribution in [0.5, 0.6) is 17.2 Å². The maximum absolute atomic E-state index is 10.8. The van der Waals surface area contributed by atoms with Crippen LogP contribution in [0.1, 0.15) is 45.6 Å². The van der Waals surface area contributed by atoms with Gasteiger partial charge in [0.2, 0.25) is 0 Å². The summed E-state index contributed by atoms with van der Waals surface area (Å²) in [5, 5.41) is 15.4. The van der Waals surface area contributed by atoms with Gasteiger partial charge in [-0.1, -0.05) is 38.0 Å². The average molecular weight is 378 g/mol. The molecule has 4 rings (SSSR count). The molecule has 0 saturated heterocycles. The molecule has 1 aromatic heterocycles. The standard InChI is InChI=1S/C23H26N2O3/c1-4-5-9-12-27-17-13-19(26)21-20(14-17)28-23(2,3)18-15-24-25(22(18)21)16-10-7-6-8-11-16/h6-8,10-11,13-15,26H,4-5,9,12H2,1-3H3. The molecule has 2 aromatic carbocycles. The van der Waals surface area contributed by atoms with Crippen molar-refractivity contribution in [1.82, 2.24) is 9.78 Å². The molecule has 0 spiro atoms. The molecule has 0 radical (unpaired) electrons. The van der Waals surface area contributed by atoms with Gasteiger partial charge >= 0.3 is 0 Å². The molecule has 5 nitrogen and oxygen atoms in total. The fourth-order valence-corrected chi connectivity index (χ4v) is 3.64. The van der Waals surface area contributed by atoms with Crippen LogP contribution in [-0.2, 0) is 5.60 Å². The maximum atomic E-state index is 10.8. The number of aromatic nitrogens is 2. The number of phenolic OH excluding ortho intramolecular Hbond substituents is 1. The summed E-state index contributed by atoms with van der Waals surface area (Å²) < 4.78 is 14.0. The van der Waals surface area contributed by atoms with Gasteiger partial charge < -0.3 is 14.6 Å². The van der Waals surface area contributed by atoms with Crippen LogP contribution >= 0.6 is 0 Å². The Balaban J connectivity index is 1.79. The number of aromatic hydroxyl groups is 1. The number of para-hydroxylation sites is 1. The third-order valence-electron chi connectivity index (χ3n) is 5.09. The van der Waals surface area contributed by atoms with Gasteiger partial charge in [0.15, 0.2) is 0 Å². The van der Waals surface area contributed by atoms with E-state index in [1.54, 1.807) is 6.07 Å². The van der Waals surface area contributed by atoms with Gasteiger partial charge in [-0.2, -0.15) is 5.10 Å². The van der Waals surface area contributed by atoms with Gasteiger partial charge in [-0.3, -0.25) is 0 Å². The lowest BCUT2D eigenvalue weighted by atomic mass is 9.91. The molecular weight excluding hydrogens is 352 g/mol. The predicted molar refractivity (Wildman–Crippen MR) is 109 cm³/mol.